The molecule has 1 aromatic rings. The Bertz CT molecular complexity index is 362. The summed E-state index contributed by atoms with van der Waals surface area (Å²) >= 11 is 1.26. The molecule has 0 radical (unpaired) electrons. The van der Waals surface area contributed by atoms with E-state index in [9.17, 15) is 0 Å². The zero-order valence-electron chi connectivity index (χ0n) is 7.38. The maximum atomic E-state index is 5.47. The fourth-order valence-corrected chi connectivity index (χ4v) is 0.988. The molecule has 1 rings (SSSR count). The first-order valence-corrected chi connectivity index (χ1v) is 4.77. The van der Waals surface area contributed by atoms with E-state index in [2.05, 4.69) is 16.1 Å². The molecule has 0 fully saturated rings. The Kier molecular flexibility index (Phi) is 4.38. The van der Waals surface area contributed by atoms with Crippen molar-refractivity contribution >= 4 is 23.1 Å². The summed E-state index contributed by atoms with van der Waals surface area (Å²) in [4.78, 5) is 0. The van der Waals surface area contributed by atoms with E-state index in [1.54, 1.807) is 18.4 Å². The normalized spacial score (nSPS) is 11.8. The molecular weight excluding hydrogens is 198 g/mol. The largest absolute Gasteiger partial charge is 0.463 e. The van der Waals surface area contributed by atoms with Gasteiger partial charge in [-0.25, -0.2) is 0 Å². The van der Waals surface area contributed by atoms with Gasteiger partial charge in [-0.05, 0) is 12.1 Å². The molecule has 5 heteroatoms. The summed E-state index contributed by atoms with van der Waals surface area (Å²) in [5.41, 5.74) is 5.47. The molecule has 0 amide bonds. The topological polar surface area (TPSA) is 63.9 Å². The Labute approximate surface area is 86.3 Å². The number of rotatable bonds is 3. The Morgan fingerprint density at radius 1 is 1.79 bits per heavy atom. The Morgan fingerprint density at radius 3 is 3.29 bits per heavy atom. The number of hydrogen-bond acceptors (Lipinski definition) is 4. The molecule has 0 saturated heterocycles. The summed E-state index contributed by atoms with van der Waals surface area (Å²) in [6.45, 7) is 0. The molecule has 0 aliphatic rings. The van der Waals surface area contributed by atoms with Gasteiger partial charge >= 0.3 is 0 Å². The van der Waals surface area contributed by atoms with Crippen LogP contribution in [0.3, 0.4) is 0 Å². The van der Waals surface area contributed by atoms with E-state index in [4.69, 9.17) is 16.6 Å². The van der Waals surface area contributed by atoms with Gasteiger partial charge in [-0.3, -0.25) is 0 Å². The smallest absolute Gasteiger partial charge is 0.181 e. The molecule has 72 valence electrons. The first kappa shape index (κ1) is 10.4. The van der Waals surface area contributed by atoms with Crippen molar-refractivity contribution in [3.63, 3.8) is 0 Å². The van der Waals surface area contributed by atoms with Crippen molar-refractivity contribution in [3.05, 3.63) is 24.2 Å². The average Bonchev–Trinajstić information content (AvgIpc) is 2.67. The van der Waals surface area contributed by atoms with Gasteiger partial charge < -0.3 is 10.2 Å². The van der Waals surface area contributed by atoms with E-state index in [0.717, 1.165) is 0 Å². The van der Waals surface area contributed by atoms with Crippen LogP contribution in [0.25, 0.3) is 0 Å². The quantitative estimate of drug-likeness (QED) is 0.351. The molecule has 0 aliphatic heterocycles. The predicted molar refractivity (Wildman–Crippen MR) is 59.2 cm³/mol. The van der Waals surface area contributed by atoms with Gasteiger partial charge in [0.1, 0.15) is 5.76 Å². The third kappa shape index (κ3) is 3.83. The second kappa shape index (κ2) is 5.89. The van der Waals surface area contributed by atoms with Crippen molar-refractivity contribution in [2.45, 2.75) is 0 Å². The van der Waals surface area contributed by atoms with Crippen molar-refractivity contribution in [2.75, 3.05) is 5.75 Å². The zero-order chi connectivity index (χ0) is 10.2. The highest BCUT2D eigenvalue weighted by Gasteiger charge is 1.90. The minimum atomic E-state index is 0.339. The third-order valence-corrected chi connectivity index (χ3v) is 1.88. The maximum absolute atomic E-state index is 5.47. The van der Waals surface area contributed by atoms with E-state index < -0.39 is 0 Å². The summed E-state index contributed by atoms with van der Waals surface area (Å²) < 4.78 is 5.00. The number of nitrogens with two attached hydrogens (primary N) is 1. The summed E-state index contributed by atoms with van der Waals surface area (Å²) in [6.07, 6.45) is 8.08. The van der Waals surface area contributed by atoms with Crippen molar-refractivity contribution in [2.24, 2.45) is 15.9 Å². The van der Waals surface area contributed by atoms with Gasteiger partial charge in [0.05, 0.1) is 18.2 Å². The molecule has 0 atom stereocenters. The first-order valence-electron chi connectivity index (χ1n) is 3.79. The fourth-order valence-electron chi connectivity index (χ4n) is 0.652. The van der Waals surface area contributed by atoms with Gasteiger partial charge in [0, 0.05) is 0 Å². The lowest BCUT2D eigenvalue weighted by atomic mass is 10.5. The van der Waals surface area contributed by atoms with E-state index >= 15 is 0 Å². The Morgan fingerprint density at radius 2 is 2.64 bits per heavy atom. The number of amidine groups is 1. The summed E-state index contributed by atoms with van der Waals surface area (Å²) in [5, 5.41) is 7.77. The van der Waals surface area contributed by atoms with Crippen LogP contribution in [0, 0.1) is 12.3 Å². The fraction of sp³-hybridized carbons (Fsp3) is 0.111. The number of terminal acetylenes is 1. The molecular formula is C9H9N3OS. The van der Waals surface area contributed by atoms with Crippen LogP contribution >= 0.6 is 11.8 Å². The highest BCUT2D eigenvalue weighted by molar-refractivity contribution is 8.13. The second-order valence-corrected chi connectivity index (χ2v) is 3.19. The standard InChI is InChI=1S/C9H9N3OS/c1-2-6-14-9(10)12-11-7-8-4-3-5-13-8/h1,3-5,7H,6H2,(H2,10,12)/b11-7-. The van der Waals surface area contributed by atoms with Crippen LogP contribution in [-0.4, -0.2) is 17.1 Å². The molecule has 0 aliphatic carbocycles. The molecule has 0 saturated carbocycles. The number of thioether (sulfide) groups is 1. The lowest BCUT2D eigenvalue weighted by Gasteiger charge is -1.90. The van der Waals surface area contributed by atoms with Crippen LogP contribution in [0.2, 0.25) is 0 Å². The van der Waals surface area contributed by atoms with Crippen molar-refractivity contribution in [1.29, 1.82) is 0 Å². The van der Waals surface area contributed by atoms with E-state index in [1.807, 2.05) is 0 Å². The minimum Gasteiger partial charge on any atom is -0.463 e. The third-order valence-electron chi connectivity index (χ3n) is 1.19. The highest BCUT2D eigenvalue weighted by Crippen LogP contribution is 1.99. The van der Waals surface area contributed by atoms with Crippen LogP contribution in [0.15, 0.2) is 33.0 Å². The van der Waals surface area contributed by atoms with Crippen molar-refractivity contribution in [3.8, 4) is 12.3 Å². The maximum Gasteiger partial charge on any atom is 0.181 e. The zero-order valence-corrected chi connectivity index (χ0v) is 8.20. The van der Waals surface area contributed by atoms with E-state index in [0.29, 0.717) is 16.7 Å². The lowest BCUT2D eigenvalue weighted by molar-refractivity contribution is 0.560. The Balaban J connectivity index is 2.42. The van der Waals surface area contributed by atoms with Crippen LogP contribution < -0.4 is 5.73 Å². The minimum absolute atomic E-state index is 0.339. The van der Waals surface area contributed by atoms with Gasteiger partial charge in [-0.1, -0.05) is 17.7 Å². The van der Waals surface area contributed by atoms with Gasteiger partial charge in [0.25, 0.3) is 0 Å². The van der Waals surface area contributed by atoms with Crippen molar-refractivity contribution in [1.82, 2.24) is 0 Å². The van der Waals surface area contributed by atoms with Crippen LogP contribution in [0.4, 0.5) is 0 Å². The molecule has 4 nitrogen and oxygen atoms in total. The average molecular weight is 207 g/mol. The summed E-state index contributed by atoms with van der Waals surface area (Å²) in [5.74, 6) is 3.55. The van der Waals surface area contributed by atoms with Gasteiger partial charge in [0.15, 0.2) is 5.17 Å². The van der Waals surface area contributed by atoms with E-state index in [1.165, 1.54) is 18.0 Å². The summed E-state index contributed by atoms with van der Waals surface area (Å²) in [7, 11) is 0. The Hall–Kier alpha value is -1.67. The van der Waals surface area contributed by atoms with Crippen LogP contribution in [-0.2, 0) is 0 Å². The van der Waals surface area contributed by atoms with Gasteiger partial charge in [-0.15, -0.1) is 11.5 Å². The summed E-state index contributed by atoms with van der Waals surface area (Å²) in [6, 6.07) is 3.53. The van der Waals surface area contributed by atoms with Crippen LogP contribution in [0.5, 0.6) is 0 Å². The first-order chi connectivity index (χ1) is 6.83. The number of hydrogen-bond donors (Lipinski definition) is 1. The van der Waals surface area contributed by atoms with Crippen LogP contribution in [0.1, 0.15) is 5.76 Å². The molecule has 0 spiro atoms. The number of furan rings is 1. The van der Waals surface area contributed by atoms with Gasteiger partial charge in [-0.2, -0.15) is 5.10 Å². The SMILES string of the molecule is C#CCSC(N)=N/N=C\c1ccco1. The lowest BCUT2D eigenvalue weighted by Crippen LogP contribution is -2.05. The van der Waals surface area contributed by atoms with E-state index in [-0.39, 0.29) is 0 Å². The second-order valence-electron chi connectivity index (χ2n) is 2.19. The monoisotopic (exact) mass is 207 g/mol. The molecule has 0 bridgehead atoms. The van der Waals surface area contributed by atoms with Gasteiger partial charge in [0.2, 0.25) is 0 Å². The predicted octanol–water partition coefficient (Wildman–Crippen LogP) is 1.29. The molecule has 2 N–H and O–H groups in total. The molecule has 0 aromatic carbocycles. The molecule has 14 heavy (non-hydrogen) atoms. The number of nitrogens with zero attached hydrogens (tertiary/aromatic N) is 2. The van der Waals surface area contributed by atoms with Crippen molar-refractivity contribution < 1.29 is 4.42 Å². The molecule has 0 unspecified atom stereocenters. The molecule has 1 heterocycles. The highest BCUT2D eigenvalue weighted by atomic mass is 32.2. The molecule has 1 aromatic heterocycles.